The van der Waals surface area contributed by atoms with Crippen LogP contribution in [0.2, 0.25) is 0 Å². The second-order valence-electron chi connectivity index (χ2n) is 8.12. The first-order valence-electron chi connectivity index (χ1n) is 11.2. The Kier molecular flexibility index (Phi) is 6.71. The predicted octanol–water partition coefficient (Wildman–Crippen LogP) is 4.91. The van der Waals surface area contributed by atoms with E-state index in [1.54, 1.807) is 4.90 Å². The molecule has 2 aromatic carbocycles. The molecule has 1 aromatic heterocycles. The third-order valence-electron chi connectivity index (χ3n) is 5.89. The molecule has 2 saturated heterocycles. The number of hydrogen-bond donors (Lipinski definition) is 0. The van der Waals surface area contributed by atoms with Crippen molar-refractivity contribution >= 4 is 57.0 Å². The fraction of sp³-hybridized carbons (Fsp3) is 0.269. The first-order valence-corrected chi connectivity index (χ1v) is 12.4. The lowest BCUT2D eigenvalue weighted by atomic mass is 10.1. The van der Waals surface area contributed by atoms with Gasteiger partial charge in [0.1, 0.15) is 10.1 Å². The second-order valence-corrected chi connectivity index (χ2v) is 9.79. The van der Waals surface area contributed by atoms with Crippen LogP contribution in [0.5, 0.6) is 0 Å². The molecule has 2 aliphatic heterocycles. The molecule has 0 atom stereocenters. The van der Waals surface area contributed by atoms with Gasteiger partial charge in [0.15, 0.2) is 0 Å². The van der Waals surface area contributed by atoms with Crippen molar-refractivity contribution in [2.45, 2.75) is 12.8 Å². The summed E-state index contributed by atoms with van der Waals surface area (Å²) in [6.45, 7) is 3.55. The van der Waals surface area contributed by atoms with Crippen LogP contribution in [0.15, 0.2) is 65.6 Å². The van der Waals surface area contributed by atoms with E-state index >= 15 is 0 Å². The van der Waals surface area contributed by atoms with Gasteiger partial charge in [0.25, 0.3) is 5.91 Å². The summed E-state index contributed by atoms with van der Waals surface area (Å²) in [5.41, 5.74) is 3.17. The summed E-state index contributed by atoms with van der Waals surface area (Å²) in [4.78, 5) is 22.8. The normalized spacial score (nSPS) is 18.0. The molecular weight excluding hydrogens is 450 g/mol. The Morgan fingerprint density at radius 3 is 2.64 bits per heavy atom. The van der Waals surface area contributed by atoms with Crippen molar-refractivity contribution in [1.82, 2.24) is 9.88 Å². The predicted molar refractivity (Wildman–Crippen MR) is 139 cm³/mol. The molecule has 5 rings (SSSR count). The number of aromatic nitrogens is 1. The molecule has 0 radical (unpaired) electrons. The van der Waals surface area contributed by atoms with Gasteiger partial charge in [-0.2, -0.15) is 0 Å². The summed E-state index contributed by atoms with van der Waals surface area (Å²) in [5, 5.41) is 1.05. The van der Waals surface area contributed by atoms with Crippen LogP contribution in [0.4, 0.5) is 5.82 Å². The maximum atomic E-state index is 13.2. The van der Waals surface area contributed by atoms with Crippen LogP contribution in [0.3, 0.4) is 0 Å². The van der Waals surface area contributed by atoms with E-state index < -0.39 is 0 Å². The van der Waals surface area contributed by atoms with Crippen LogP contribution in [0, 0.1) is 0 Å². The van der Waals surface area contributed by atoms with Crippen LogP contribution < -0.4 is 4.90 Å². The Hall–Kier alpha value is -2.74. The highest BCUT2D eigenvalue weighted by atomic mass is 32.2. The minimum atomic E-state index is -0.0147. The Bertz CT molecular complexity index is 1210. The molecule has 0 aliphatic carbocycles. The van der Waals surface area contributed by atoms with Crippen LogP contribution >= 0.6 is 24.0 Å². The van der Waals surface area contributed by atoms with E-state index in [4.69, 9.17) is 21.9 Å². The number of ether oxygens (including phenoxy) is 1. The lowest BCUT2D eigenvalue weighted by molar-refractivity contribution is -0.122. The second kappa shape index (κ2) is 10.0. The van der Waals surface area contributed by atoms with Crippen LogP contribution in [-0.4, -0.2) is 53.0 Å². The molecule has 168 valence electrons. The van der Waals surface area contributed by atoms with E-state index in [2.05, 4.69) is 29.2 Å². The third kappa shape index (κ3) is 4.95. The highest BCUT2D eigenvalue weighted by molar-refractivity contribution is 8.26. The van der Waals surface area contributed by atoms with E-state index in [9.17, 15) is 4.79 Å². The molecule has 33 heavy (non-hydrogen) atoms. The number of para-hydroxylation sites is 1. The van der Waals surface area contributed by atoms with E-state index in [0.717, 1.165) is 48.2 Å². The van der Waals surface area contributed by atoms with Crippen LogP contribution in [0.1, 0.15) is 17.5 Å². The summed E-state index contributed by atoms with van der Waals surface area (Å²) in [6.07, 6.45) is 3.76. The van der Waals surface area contributed by atoms with Crippen molar-refractivity contribution in [2.24, 2.45) is 0 Å². The molecule has 7 heteroatoms. The van der Waals surface area contributed by atoms with Crippen molar-refractivity contribution in [3.63, 3.8) is 0 Å². The number of pyridine rings is 1. The largest absolute Gasteiger partial charge is 0.378 e. The molecule has 0 spiro atoms. The number of carbonyl (C=O) groups excluding carboxylic acids is 1. The van der Waals surface area contributed by atoms with E-state index in [0.29, 0.717) is 29.0 Å². The number of thiocarbonyl (C=S) groups is 1. The lowest BCUT2D eigenvalue weighted by Gasteiger charge is -2.29. The highest BCUT2D eigenvalue weighted by Gasteiger charge is 2.32. The van der Waals surface area contributed by atoms with Gasteiger partial charge < -0.3 is 9.64 Å². The Morgan fingerprint density at radius 1 is 1.06 bits per heavy atom. The van der Waals surface area contributed by atoms with Crippen molar-refractivity contribution < 1.29 is 9.53 Å². The molecule has 5 nitrogen and oxygen atoms in total. The quantitative estimate of drug-likeness (QED) is 0.373. The number of rotatable bonds is 6. The minimum Gasteiger partial charge on any atom is -0.378 e. The Morgan fingerprint density at radius 2 is 1.82 bits per heavy atom. The monoisotopic (exact) mass is 475 g/mol. The fourth-order valence-corrected chi connectivity index (χ4v) is 5.48. The molecular formula is C26H25N3O2S2. The number of thioether (sulfide) groups is 1. The topological polar surface area (TPSA) is 45.7 Å². The number of aryl methyl sites for hydroxylation is 1. The summed E-state index contributed by atoms with van der Waals surface area (Å²) in [7, 11) is 0. The minimum absolute atomic E-state index is 0.0147. The Balaban J connectivity index is 1.39. The SMILES string of the molecule is O=C1/C(=C/c2cc3ccccc3nc2N2CCOCC2)SC(=S)N1CCCc1ccccc1. The maximum absolute atomic E-state index is 13.2. The molecule has 2 aliphatic rings. The van der Waals surface area contributed by atoms with Gasteiger partial charge in [-0.1, -0.05) is 72.5 Å². The fourth-order valence-electron chi connectivity index (χ4n) is 4.18. The number of anilines is 1. The number of morpholine rings is 1. The molecule has 3 heterocycles. The molecule has 0 N–H and O–H groups in total. The van der Waals surface area contributed by atoms with Crippen molar-refractivity contribution in [1.29, 1.82) is 0 Å². The van der Waals surface area contributed by atoms with Gasteiger partial charge in [-0.3, -0.25) is 9.69 Å². The Labute approximate surface area is 203 Å². The first-order chi connectivity index (χ1) is 16.2. The van der Waals surface area contributed by atoms with Crippen molar-refractivity contribution in [3.8, 4) is 0 Å². The highest BCUT2D eigenvalue weighted by Crippen LogP contribution is 2.35. The van der Waals surface area contributed by atoms with Gasteiger partial charge >= 0.3 is 0 Å². The average Bonchev–Trinajstić information content (AvgIpc) is 3.12. The van der Waals surface area contributed by atoms with E-state index in [1.165, 1.54) is 17.3 Å². The number of fused-ring (bicyclic) bond motifs is 1. The van der Waals surface area contributed by atoms with Gasteiger partial charge in [-0.15, -0.1) is 0 Å². The summed E-state index contributed by atoms with van der Waals surface area (Å²) in [6, 6.07) is 20.5. The van der Waals surface area contributed by atoms with Crippen LogP contribution in [0.25, 0.3) is 17.0 Å². The number of hydrogen-bond acceptors (Lipinski definition) is 6. The van der Waals surface area contributed by atoms with Gasteiger partial charge in [0.2, 0.25) is 0 Å². The molecule has 3 aromatic rings. The zero-order valence-corrected chi connectivity index (χ0v) is 19.9. The smallest absolute Gasteiger partial charge is 0.266 e. The maximum Gasteiger partial charge on any atom is 0.266 e. The first kappa shape index (κ1) is 22.1. The summed E-state index contributed by atoms with van der Waals surface area (Å²) < 4.78 is 6.16. The molecule has 1 amide bonds. The van der Waals surface area contributed by atoms with Gasteiger partial charge in [0, 0.05) is 30.6 Å². The van der Waals surface area contributed by atoms with Gasteiger partial charge in [-0.25, -0.2) is 4.98 Å². The molecule has 0 saturated carbocycles. The van der Waals surface area contributed by atoms with Crippen molar-refractivity contribution in [3.05, 3.63) is 76.7 Å². The number of nitrogens with zero attached hydrogens (tertiary/aromatic N) is 3. The summed E-state index contributed by atoms with van der Waals surface area (Å²) >= 11 is 6.94. The standard InChI is InChI=1S/C26H25N3O2S2/c30-25-23(33-26(32)29(25)12-6-9-19-7-2-1-3-8-19)18-21-17-20-10-4-5-11-22(20)27-24(21)28-13-15-31-16-14-28/h1-5,7-8,10-11,17-18H,6,9,12-16H2/b23-18-. The van der Waals surface area contributed by atoms with Crippen LogP contribution in [-0.2, 0) is 16.0 Å². The summed E-state index contributed by atoms with van der Waals surface area (Å²) in [5.74, 6) is 0.880. The molecule has 2 fully saturated rings. The average molecular weight is 476 g/mol. The van der Waals surface area contributed by atoms with Gasteiger partial charge in [-0.05, 0) is 36.6 Å². The zero-order chi connectivity index (χ0) is 22.6. The lowest BCUT2D eigenvalue weighted by Crippen LogP contribution is -2.37. The third-order valence-corrected chi connectivity index (χ3v) is 7.27. The zero-order valence-electron chi connectivity index (χ0n) is 18.3. The molecule has 0 bridgehead atoms. The van der Waals surface area contributed by atoms with Gasteiger partial charge in [0.05, 0.1) is 23.6 Å². The number of benzene rings is 2. The van der Waals surface area contributed by atoms with E-state index in [1.807, 2.05) is 42.5 Å². The number of amides is 1. The molecule has 0 unspecified atom stereocenters. The number of carbonyl (C=O) groups is 1. The van der Waals surface area contributed by atoms with Crippen molar-refractivity contribution in [2.75, 3.05) is 37.7 Å². The van der Waals surface area contributed by atoms with E-state index in [-0.39, 0.29) is 5.91 Å².